The lowest BCUT2D eigenvalue weighted by atomic mass is 10.1. The van der Waals surface area contributed by atoms with Crippen LogP contribution in [-0.2, 0) is 17.1 Å². The fraction of sp³-hybridized carbons (Fsp3) is 0.700. The van der Waals surface area contributed by atoms with E-state index >= 15 is 0 Å². The van der Waals surface area contributed by atoms with Gasteiger partial charge in [0.05, 0.1) is 6.61 Å². The van der Waals surface area contributed by atoms with E-state index in [2.05, 4.69) is 5.10 Å². The summed E-state index contributed by atoms with van der Waals surface area (Å²) in [5, 5.41) is 13.1. The van der Waals surface area contributed by atoms with Crippen LogP contribution in [0.5, 0.6) is 0 Å². The average Bonchev–Trinajstić information content (AvgIpc) is 2.69. The predicted molar refractivity (Wildman–Crippen MR) is 66.2 cm³/mol. The van der Waals surface area contributed by atoms with Crippen molar-refractivity contribution in [3.63, 3.8) is 0 Å². The second-order valence-corrected chi connectivity index (χ2v) is 6.36. The van der Waals surface area contributed by atoms with Gasteiger partial charge in [0.1, 0.15) is 4.90 Å². The Hall–Kier alpha value is -1.12. The second-order valence-electron chi connectivity index (χ2n) is 4.50. The van der Waals surface area contributed by atoms with Crippen LogP contribution in [0, 0.1) is 0 Å². The molecule has 0 amide bonds. The largest absolute Gasteiger partial charge is 0.395 e. The molecule has 2 heterocycles. The van der Waals surface area contributed by atoms with Gasteiger partial charge in [-0.3, -0.25) is 4.68 Å². The molecule has 1 atom stereocenters. The van der Waals surface area contributed by atoms with Gasteiger partial charge in [-0.2, -0.15) is 9.40 Å². The van der Waals surface area contributed by atoms with Crippen molar-refractivity contribution in [2.24, 2.45) is 7.05 Å². The minimum absolute atomic E-state index is 0.000219. The van der Waals surface area contributed by atoms with Crippen LogP contribution in [-0.4, -0.2) is 46.8 Å². The zero-order valence-corrected chi connectivity index (χ0v) is 11.1. The Balaban J connectivity index is 2.38. The van der Waals surface area contributed by atoms with Gasteiger partial charge in [0, 0.05) is 25.8 Å². The number of aliphatic hydroxyl groups excluding tert-OH is 1. The summed E-state index contributed by atoms with van der Waals surface area (Å²) in [4.78, 5) is 0.0188. The van der Waals surface area contributed by atoms with Gasteiger partial charge < -0.3 is 10.8 Å². The molecule has 0 aromatic carbocycles. The summed E-state index contributed by atoms with van der Waals surface area (Å²) < 4.78 is 27.7. The Morgan fingerprint density at radius 2 is 2.28 bits per heavy atom. The Morgan fingerprint density at radius 3 is 2.83 bits per heavy atom. The van der Waals surface area contributed by atoms with Gasteiger partial charge in [-0.15, -0.1) is 0 Å². The Bertz CT molecular complexity index is 525. The molecule has 1 unspecified atom stereocenters. The number of aryl methyl sites for hydroxylation is 1. The van der Waals surface area contributed by atoms with Crippen molar-refractivity contribution in [2.45, 2.75) is 30.2 Å². The van der Waals surface area contributed by atoms with Crippen LogP contribution in [0.1, 0.15) is 19.3 Å². The van der Waals surface area contributed by atoms with Crippen LogP contribution in [0.4, 0.5) is 5.82 Å². The third kappa shape index (κ3) is 2.23. The lowest BCUT2D eigenvalue weighted by Gasteiger charge is -2.33. The summed E-state index contributed by atoms with van der Waals surface area (Å²) in [5.41, 5.74) is 5.62. The smallest absolute Gasteiger partial charge is 0.248 e. The number of aliphatic hydroxyl groups is 1. The van der Waals surface area contributed by atoms with Gasteiger partial charge in [-0.1, -0.05) is 6.42 Å². The number of hydrogen-bond donors (Lipinski definition) is 2. The quantitative estimate of drug-likeness (QED) is 0.776. The number of aromatic nitrogens is 2. The van der Waals surface area contributed by atoms with E-state index in [4.69, 9.17) is 5.73 Å². The fourth-order valence-corrected chi connectivity index (χ4v) is 4.06. The van der Waals surface area contributed by atoms with Gasteiger partial charge in [-0.05, 0) is 12.8 Å². The number of nitrogens with zero attached hydrogens (tertiary/aromatic N) is 3. The third-order valence-electron chi connectivity index (χ3n) is 3.19. The molecule has 1 aliphatic rings. The monoisotopic (exact) mass is 274 g/mol. The Labute approximate surface area is 106 Å². The van der Waals surface area contributed by atoms with Gasteiger partial charge in [0.25, 0.3) is 0 Å². The van der Waals surface area contributed by atoms with Gasteiger partial charge in [0.15, 0.2) is 5.82 Å². The van der Waals surface area contributed by atoms with Gasteiger partial charge >= 0.3 is 0 Å². The van der Waals surface area contributed by atoms with Crippen LogP contribution in [0.3, 0.4) is 0 Å². The molecule has 3 N–H and O–H groups in total. The minimum atomic E-state index is -3.67. The van der Waals surface area contributed by atoms with Crippen molar-refractivity contribution in [1.29, 1.82) is 0 Å². The van der Waals surface area contributed by atoms with Crippen LogP contribution >= 0.6 is 0 Å². The molecule has 1 aromatic rings. The SMILES string of the molecule is Cn1cc(S(=O)(=O)N2CCCCC2CO)c(N)n1. The van der Waals surface area contributed by atoms with Gasteiger partial charge in [0.2, 0.25) is 10.0 Å². The van der Waals surface area contributed by atoms with E-state index in [1.54, 1.807) is 7.05 Å². The zero-order chi connectivity index (χ0) is 13.3. The number of nitrogen functional groups attached to an aromatic ring is 1. The normalized spacial score (nSPS) is 22.2. The van der Waals surface area contributed by atoms with Crippen molar-refractivity contribution in [1.82, 2.24) is 14.1 Å². The van der Waals surface area contributed by atoms with Crippen molar-refractivity contribution in [3.05, 3.63) is 6.20 Å². The van der Waals surface area contributed by atoms with Gasteiger partial charge in [-0.25, -0.2) is 8.42 Å². The minimum Gasteiger partial charge on any atom is -0.395 e. The Kier molecular flexibility index (Phi) is 3.60. The summed E-state index contributed by atoms with van der Waals surface area (Å²) in [6, 6.07) is -0.358. The number of nitrogens with two attached hydrogens (primary N) is 1. The van der Waals surface area contributed by atoms with Crippen LogP contribution in [0.2, 0.25) is 0 Å². The summed E-state index contributed by atoms with van der Waals surface area (Å²) in [6.07, 6.45) is 3.80. The van der Waals surface area contributed by atoms with E-state index in [-0.39, 0.29) is 23.4 Å². The number of sulfonamides is 1. The molecular weight excluding hydrogens is 256 g/mol. The molecule has 1 saturated heterocycles. The highest BCUT2D eigenvalue weighted by molar-refractivity contribution is 7.89. The maximum atomic E-state index is 12.5. The molecule has 18 heavy (non-hydrogen) atoms. The van der Waals surface area contributed by atoms with Crippen molar-refractivity contribution in [3.8, 4) is 0 Å². The van der Waals surface area contributed by atoms with Crippen molar-refractivity contribution < 1.29 is 13.5 Å². The number of rotatable bonds is 3. The molecule has 1 aromatic heterocycles. The lowest BCUT2D eigenvalue weighted by molar-refractivity contribution is 0.155. The van der Waals surface area contributed by atoms with E-state index < -0.39 is 10.0 Å². The summed E-state index contributed by atoms with van der Waals surface area (Å²) in [7, 11) is -2.05. The van der Waals surface area contributed by atoms with Crippen molar-refractivity contribution >= 4 is 15.8 Å². The highest BCUT2D eigenvalue weighted by atomic mass is 32.2. The first-order valence-electron chi connectivity index (χ1n) is 5.88. The molecular formula is C10H18N4O3S. The molecule has 0 spiro atoms. The molecule has 8 heteroatoms. The summed E-state index contributed by atoms with van der Waals surface area (Å²) >= 11 is 0. The highest BCUT2D eigenvalue weighted by Crippen LogP contribution is 2.27. The summed E-state index contributed by atoms with van der Waals surface area (Å²) in [6.45, 7) is 0.251. The molecule has 1 aliphatic heterocycles. The molecule has 2 rings (SSSR count). The van der Waals surface area contributed by atoms with E-state index in [1.807, 2.05) is 0 Å². The third-order valence-corrected chi connectivity index (χ3v) is 5.16. The van der Waals surface area contributed by atoms with E-state index in [0.717, 1.165) is 12.8 Å². The summed E-state index contributed by atoms with van der Waals surface area (Å²) in [5.74, 6) is -0.000219. The number of hydrogen-bond acceptors (Lipinski definition) is 5. The molecule has 7 nitrogen and oxygen atoms in total. The molecule has 1 fully saturated rings. The first-order chi connectivity index (χ1) is 8.46. The maximum Gasteiger partial charge on any atom is 0.248 e. The maximum absolute atomic E-state index is 12.5. The van der Waals surface area contributed by atoms with Crippen LogP contribution < -0.4 is 5.73 Å². The Morgan fingerprint density at radius 1 is 1.56 bits per heavy atom. The molecule has 0 aliphatic carbocycles. The standard InChI is InChI=1S/C10H18N4O3S/c1-13-6-9(10(11)12-13)18(16,17)14-5-3-2-4-8(14)7-15/h6,8,15H,2-5,7H2,1H3,(H2,11,12). The number of anilines is 1. The molecule has 102 valence electrons. The predicted octanol–water partition coefficient (Wildman–Crippen LogP) is -0.462. The zero-order valence-electron chi connectivity index (χ0n) is 10.3. The highest BCUT2D eigenvalue weighted by Gasteiger charge is 2.35. The van der Waals surface area contributed by atoms with E-state index in [1.165, 1.54) is 15.2 Å². The van der Waals surface area contributed by atoms with E-state index in [0.29, 0.717) is 13.0 Å². The van der Waals surface area contributed by atoms with Crippen LogP contribution in [0.25, 0.3) is 0 Å². The molecule has 0 saturated carbocycles. The average molecular weight is 274 g/mol. The van der Waals surface area contributed by atoms with Crippen LogP contribution in [0.15, 0.2) is 11.1 Å². The second kappa shape index (κ2) is 4.87. The fourth-order valence-electron chi connectivity index (χ4n) is 2.28. The molecule has 0 radical (unpaired) electrons. The first kappa shape index (κ1) is 13.3. The first-order valence-corrected chi connectivity index (χ1v) is 7.32. The molecule has 0 bridgehead atoms. The van der Waals surface area contributed by atoms with E-state index in [9.17, 15) is 13.5 Å². The lowest BCUT2D eigenvalue weighted by Crippen LogP contribution is -2.45. The van der Waals surface area contributed by atoms with Crippen molar-refractivity contribution in [2.75, 3.05) is 18.9 Å². The topological polar surface area (TPSA) is 101 Å². The number of piperidine rings is 1.